The highest BCUT2D eigenvalue weighted by atomic mass is 16.5. The van der Waals surface area contributed by atoms with E-state index in [1.54, 1.807) is 0 Å². The summed E-state index contributed by atoms with van der Waals surface area (Å²) in [6, 6.07) is 9.10. The number of piperidine rings is 1. The second kappa shape index (κ2) is 7.28. The minimum absolute atomic E-state index is 0.769. The summed E-state index contributed by atoms with van der Waals surface area (Å²) in [7, 11) is 0. The van der Waals surface area contributed by atoms with Crippen molar-refractivity contribution >= 4 is 0 Å². The molecule has 2 aliphatic heterocycles. The molecular formula is C18H28N2O. The molecule has 3 nitrogen and oxygen atoms in total. The van der Waals surface area contributed by atoms with Gasteiger partial charge in [-0.2, -0.15) is 0 Å². The first-order valence-corrected chi connectivity index (χ1v) is 8.46. The lowest BCUT2D eigenvalue weighted by molar-refractivity contribution is 0.130. The average Bonchev–Trinajstić information content (AvgIpc) is 3.02. The number of ether oxygens (including phenoxy) is 1. The molecule has 0 amide bonds. The van der Waals surface area contributed by atoms with Gasteiger partial charge in [-0.1, -0.05) is 12.1 Å². The summed E-state index contributed by atoms with van der Waals surface area (Å²) >= 11 is 0. The zero-order chi connectivity index (χ0) is 14.5. The Morgan fingerprint density at radius 1 is 1.29 bits per heavy atom. The maximum absolute atomic E-state index is 5.89. The zero-order valence-corrected chi connectivity index (χ0v) is 13.2. The predicted molar refractivity (Wildman–Crippen MR) is 86.9 cm³/mol. The van der Waals surface area contributed by atoms with E-state index in [1.165, 1.54) is 50.9 Å². The molecule has 3 rings (SSSR count). The van der Waals surface area contributed by atoms with E-state index in [4.69, 9.17) is 4.74 Å². The van der Waals surface area contributed by atoms with Crippen molar-refractivity contribution in [3.8, 4) is 5.75 Å². The molecule has 0 spiro atoms. The van der Waals surface area contributed by atoms with Gasteiger partial charge in [0.15, 0.2) is 0 Å². The fourth-order valence-electron chi connectivity index (χ4n) is 3.73. The SMILES string of the molecule is Cc1cccc(OCCN2CCCC(C3CCCN3)C2)c1. The monoisotopic (exact) mass is 288 g/mol. The van der Waals surface area contributed by atoms with Crippen molar-refractivity contribution in [2.75, 3.05) is 32.8 Å². The molecule has 0 bridgehead atoms. The first-order valence-electron chi connectivity index (χ1n) is 8.46. The second-order valence-corrected chi connectivity index (χ2v) is 6.57. The molecule has 2 heterocycles. The van der Waals surface area contributed by atoms with Gasteiger partial charge in [-0.25, -0.2) is 0 Å². The molecule has 2 saturated heterocycles. The Labute approximate surface area is 128 Å². The standard InChI is InChI=1S/C18H28N2O/c1-15-5-2-7-17(13-15)21-12-11-20-10-4-6-16(14-20)18-8-3-9-19-18/h2,5,7,13,16,18-19H,3-4,6,8-12,14H2,1H3. The van der Waals surface area contributed by atoms with Gasteiger partial charge in [0.2, 0.25) is 0 Å². The Bertz CT molecular complexity index is 443. The number of hydrogen-bond donors (Lipinski definition) is 1. The minimum Gasteiger partial charge on any atom is -0.492 e. The first-order chi connectivity index (χ1) is 10.3. The Morgan fingerprint density at radius 3 is 3.05 bits per heavy atom. The first kappa shape index (κ1) is 14.9. The number of aryl methyl sites for hydroxylation is 1. The lowest BCUT2D eigenvalue weighted by Crippen LogP contribution is -2.44. The van der Waals surface area contributed by atoms with Crippen LogP contribution in [0.15, 0.2) is 24.3 Å². The summed E-state index contributed by atoms with van der Waals surface area (Å²) < 4.78 is 5.89. The molecule has 0 radical (unpaired) electrons. The maximum Gasteiger partial charge on any atom is 0.119 e. The van der Waals surface area contributed by atoms with Crippen LogP contribution >= 0.6 is 0 Å². The Balaban J connectivity index is 1.42. The smallest absolute Gasteiger partial charge is 0.119 e. The predicted octanol–water partition coefficient (Wildman–Crippen LogP) is 2.84. The molecule has 2 atom stereocenters. The molecule has 1 aromatic carbocycles. The average molecular weight is 288 g/mol. The minimum atomic E-state index is 0.769. The van der Waals surface area contributed by atoms with Crippen LogP contribution in [0.1, 0.15) is 31.2 Å². The van der Waals surface area contributed by atoms with E-state index in [0.717, 1.165) is 30.9 Å². The summed E-state index contributed by atoms with van der Waals surface area (Å²) in [5, 5.41) is 3.68. The van der Waals surface area contributed by atoms with Crippen LogP contribution in [0, 0.1) is 12.8 Å². The van der Waals surface area contributed by atoms with Crippen LogP contribution in [0.3, 0.4) is 0 Å². The van der Waals surface area contributed by atoms with Crippen LogP contribution in [0.2, 0.25) is 0 Å². The van der Waals surface area contributed by atoms with Gasteiger partial charge in [0.25, 0.3) is 0 Å². The number of rotatable bonds is 5. The van der Waals surface area contributed by atoms with Crippen molar-refractivity contribution < 1.29 is 4.74 Å². The second-order valence-electron chi connectivity index (χ2n) is 6.57. The van der Waals surface area contributed by atoms with Gasteiger partial charge >= 0.3 is 0 Å². The number of nitrogens with zero attached hydrogens (tertiary/aromatic N) is 1. The van der Waals surface area contributed by atoms with Crippen LogP contribution < -0.4 is 10.1 Å². The van der Waals surface area contributed by atoms with Crippen molar-refractivity contribution in [3.63, 3.8) is 0 Å². The fourth-order valence-corrected chi connectivity index (χ4v) is 3.73. The molecule has 116 valence electrons. The van der Waals surface area contributed by atoms with E-state index >= 15 is 0 Å². The lowest BCUT2D eigenvalue weighted by Gasteiger charge is -2.35. The topological polar surface area (TPSA) is 24.5 Å². The van der Waals surface area contributed by atoms with Crippen LogP contribution in [0.25, 0.3) is 0 Å². The van der Waals surface area contributed by atoms with Crippen molar-refractivity contribution in [2.24, 2.45) is 5.92 Å². The van der Waals surface area contributed by atoms with Gasteiger partial charge in [-0.15, -0.1) is 0 Å². The summed E-state index contributed by atoms with van der Waals surface area (Å²) in [4.78, 5) is 2.59. The van der Waals surface area contributed by atoms with Crippen molar-refractivity contribution in [2.45, 2.75) is 38.6 Å². The highest BCUT2D eigenvalue weighted by Gasteiger charge is 2.28. The lowest BCUT2D eigenvalue weighted by atomic mass is 9.90. The van der Waals surface area contributed by atoms with E-state index in [0.29, 0.717) is 0 Å². The molecule has 2 fully saturated rings. The third kappa shape index (κ3) is 4.21. The normalized spacial score (nSPS) is 26.9. The molecule has 0 aliphatic carbocycles. The number of benzene rings is 1. The molecule has 1 aromatic rings. The number of likely N-dealkylation sites (tertiary alicyclic amines) is 1. The quantitative estimate of drug-likeness (QED) is 0.901. The molecule has 2 aliphatic rings. The van der Waals surface area contributed by atoms with Crippen LogP contribution in [-0.2, 0) is 0 Å². The van der Waals surface area contributed by atoms with Gasteiger partial charge in [-0.05, 0) is 69.3 Å². The summed E-state index contributed by atoms with van der Waals surface area (Å²) in [5.74, 6) is 1.85. The van der Waals surface area contributed by atoms with Gasteiger partial charge in [0.05, 0.1) is 0 Å². The van der Waals surface area contributed by atoms with Crippen molar-refractivity contribution in [3.05, 3.63) is 29.8 Å². The number of hydrogen-bond acceptors (Lipinski definition) is 3. The van der Waals surface area contributed by atoms with E-state index in [-0.39, 0.29) is 0 Å². The Hall–Kier alpha value is -1.06. The fraction of sp³-hybridized carbons (Fsp3) is 0.667. The van der Waals surface area contributed by atoms with Gasteiger partial charge in [0.1, 0.15) is 12.4 Å². The zero-order valence-electron chi connectivity index (χ0n) is 13.2. The summed E-state index contributed by atoms with van der Waals surface area (Å²) in [6.45, 7) is 7.66. The van der Waals surface area contributed by atoms with E-state index in [9.17, 15) is 0 Å². The molecule has 3 heteroatoms. The van der Waals surface area contributed by atoms with E-state index < -0.39 is 0 Å². The maximum atomic E-state index is 5.89. The Morgan fingerprint density at radius 2 is 2.24 bits per heavy atom. The summed E-state index contributed by atoms with van der Waals surface area (Å²) in [6.07, 6.45) is 5.47. The third-order valence-corrected chi connectivity index (χ3v) is 4.88. The highest BCUT2D eigenvalue weighted by molar-refractivity contribution is 5.27. The van der Waals surface area contributed by atoms with E-state index in [1.807, 2.05) is 0 Å². The van der Waals surface area contributed by atoms with Gasteiger partial charge in [0, 0.05) is 19.1 Å². The van der Waals surface area contributed by atoms with Crippen LogP contribution in [-0.4, -0.2) is 43.7 Å². The number of nitrogens with one attached hydrogen (secondary N) is 1. The molecular weight excluding hydrogens is 260 g/mol. The Kier molecular flexibility index (Phi) is 5.15. The molecule has 0 saturated carbocycles. The third-order valence-electron chi connectivity index (χ3n) is 4.88. The molecule has 0 aromatic heterocycles. The largest absolute Gasteiger partial charge is 0.492 e. The van der Waals surface area contributed by atoms with Crippen LogP contribution in [0.5, 0.6) is 5.75 Å². The van der Waals surface area contributed by atoms with Gasteiger partial charge < -0.3 is 10.1 Å². The van der Waals surface area contributed by atoms with Crippen molar-refractivity contribution in [1.29, 1.82) is 0 Å². The van der Waals surface area contributed by atoms with Gasteiger partial charge in [-0.3, -0.25) is 4.90 Å². The summed E-state index contributed by atoms with van der Waals surface area (Å²) in [5.41, 5.74) is 1.26. The van der Waals surface area contributed by atoms with Crippen LogP contribution in [0.4, 0.5) is 0 Å². The molecule has 1 N–H and O–H groups in total. The van der Waals surface area contributed by atoms with Crippen molar-refractivity contribution in [1.82, 2.24) is 10.2 Å². The highest BCUT2D eigenvalue weighted by Crippen LogP contribution is 2.24. The molecule has 2 unspecified atom stereocenters. The van der Waals surface area contributed by atoms with E-state index in [2.05, 4.69) is 41.4 Å². The molecule has 21 heavy (non-hydrogen) atoms.